The molecule has 2 N–H and O–H groups in total. The lowest BCUT2D eigenvalue weighted by atomic mass is 9.33. The fourth-order valence-electron chi connectivity index (χ4n) is 9.37. The highest BCUT2D eigenvalue weighted by Gasteiger charge is 2.43. The number of hydrogen-bond acceptors (Lipinski definition) is 4. The number of aryl methyl sites for hydroxylation is 2. The molecule has 2 aliphatic rings. The summed E-state index contributed by atoms with van der Waals surface area (Å²) in [5.41, 5.74) is 28.2. The number of anilines is 10. The average molecular weight is 783 g/mol. The van der Waals surface area contributed by atoms with E-state index in [0.717, 1.165) is 39.8 Å². The molecule has 2 heterocycles. The standard InChI is InChI=1S/C56H43BN4/c1-38-16-25-47(26-17-38)61-54-15-9-14-53-56(54)57(51-36-39(2)18-35-52(51)60(53)48-31-23-44(58)24-32-48)50-34-33-49(37-55(50)61)59(45-27-19-42(20-28-45)40-10-5-3-6-11-40)46-29-21-43(22-30-46)41-12-7-4-8-13-41/h3-37H,58H2,1-2H3. The lowest BCUT2D eigenvalue weighted by Crippen LogP contribution is -2.61. The van der Waals surface area contributed by atoms with Crippen LogP contribution in [0.2, 0.25) is 0 Å². The van der Waals surface area contributed by atoms with Crippen molar-refractivity contribution >= 4 is 80.0 Å². The predicted molar refractivity (Wildman–Crippen MR) is 260 cm³/mol. The average Bonchev–Trinajstić information content (AvgIpc) is 3.31. The summed E-state index contributed by atoms with van der Waals surface area (Å²) in [4.78, 5) is 7.28. The quantitative estimate of drug-likeness (QED) is 0.129. The minimum absolute atomic E-state index is 0.0145. The summed E-state index contributed by atoms with van der Waals surface area (Å²) in [6, 6.07) is 77.1. The Kier molecular flexibility index (Phi) is 8.82. The molecule has 11 rings (SSSR count). The summed E-state index contributed by atoms with van der Waals surface area (Å²) in [7, 11) is 0. The first-order valence-corrected chi connectivity index (χ1v) is 21.0. The van der Waals surface area contributed by atoms with Gasteiger partial charge in [0.2, 0.25) is 0 Å². The molecule has 9 aromatic rings. The fourth-order valence-corrected chi connectivity index (χ4v) is 9.37. The number of nitrogens with zero attached hydrogens (tertiary/aromatic N) is 3. The zero-order valence-corrected chi connectivity index (χ0v) is 34.2. The molecule has 0 radical (unpaired) electrons. The Balaban J connectivity index is 1.12. The monoisotopic (exact) mass is 782 g/mol. The van der Waals surface area contributed by atoms with Gasteiger partial charge in [0.1, 0.15) is 0 Å². The molecule has 290 valence electrons. The zero-order chi connectivity index (χ0) is 41.0. The van der Waals surface area contributed by atoms with Crippen LogP contribution in [0.4, 0.5) is 56.9 Å². The van der Waals surface area contributed by atoms with Crippen molar-refractivity contribution in [2.24, 2.45) is 0 Å². The Morgan fingerprint density at radius 2 is 0.869 bits per heavy atom. The molecule has 0 saturated heterocycles. The maximum Gasteiger partial charge on any atom is 0.252 e. The smallest absolute Gasteiger partial charge is 0.252 e. The van der Waals surface area contributed by atoms with Crippen LogP contribution in [-0.2, 0) is 0 Å². The van der Waals surface area contributed by atoms with E-state index in [1.54, 1.807) is 0 Å². The van der Waals surface area contributed by atoms with Crippen molar-refractivity contribution in [2.45, 2.75) is 13.8 Å². The van der Waals surface area contributed by atoms with E-state index in [0.29, 0.717) is 0 Å². The van der Waals surface area contributed by atoms with E-state index in [9.17, 15) is 0 Å². The second-order valence-corrected chi connectivity index (χ2v) is 16.2. The van der Waals surface area contributed by atoms with Gasteiger partial charge in [0.15, 0.2) is 0 Å². The van der Waals surface area contributed by atoms with Gasteiger partial charge in [-0.15, -0.1) is 0 Å². The van der Waals surface area contributed by atoms with Gasteiger partial charge in [0.05, 0.1) is 0 Å². The van der Waals surface area contributed by atoms with Gasteiger partial charge in [-0.05, 0) is 143 Å². The molecule has 61 heavy (non-hydrogen) atoms. The van der Waals surface area contributed by atoms with Crippen LogP contribution in [0.1, 0.15) is 11.1 Å². The lowest BCUT2D eigenvalue weighted by molar-refractivity contribution is 1.23. The number of nitrogen functional groups attached to an aromatic ring is 1. The summed E-state index contributed by atoms with van der Waals surface area (Å²) in [5, 5.41) is 0. The third-order valence-corrected chi connectivity index (χ3v) is 12.3. The summed E-state index contributed by atoms with van der Waals surface area (Å²) in [6.07, 6.45) is 0. The molecule has 4 nitrogen and oxygen atoms in total. The van der Waals surface area contributed by atoms with Gasteiger partial charge >= 0.3 is 0 Å². The molecular formula is C56H43BN4. The Bertz CT molecular complexity index is 2950. The summed E-state index contributed by atoms with van der Waals surface area (Å²) >= 11 is 0. The Morgan fingerprint density at radius 1 is 0.377 bits per heavy atom. The molecule has 0 bridgehead atoms. The van der Waals surface area contributed by atoms with Crippen LogP contribution in [0, 0.1) is 13.8 Å². The first-order valence-electron chi connectivity index (χ1n) is 21.0. The fraction of sp³-hybridized carbons (Fsp3) is 0.0357. The van der Waals surface area contributed by atoms with Crippen molar-refractivity contribution in [1.82, 2.24) is 0 Å². The van der Waals surface area contributed by atoms with Gasteiger partial charge < -0.3 is 20.4 Å². The van der Waals surface area contributed by atoms with Crippen molar-refractivity contribution in [3.63, 3.8) is 0 Å². The number of benzene rings is 9. The van der Waals surface area contributed by atoms with Gasteiger partial charge in [-0.1, -0.05) is 132 Å². The second kappa shape index (κ2) is 14.8. The third-order valence-electron chi connectivity index (χ3n) is 12.3. The van der Waals surface area contributed by atoms with Gasteiger partial charge in [-0.3, -0.25) is 0 Å². The zero-order valence-electron chi connectivity index (χ0n) is 34.2. The Morgan fingerprint density at radius 3 is 1.44 bits per heavy atom. The van der Waals surface area contributed by atoms with Crippen LogP contribution in [0.15, 0.2) is 212 Å². The van der Waals surface area contributed by atoms with Gasteiger partial charge in [0, 0.05) is 56.9 Å². The van der Waals surface area contributed by atoms with Crippen molar-refractivity contribution in [2.75, 3.05) is 20.4 Å². The van der Waals surface area contributed by atoms with Crippen LogP contribution in [0.3, 0.4) is 0 Å². The number of hydrogen-bond donors (Lipinski definition) is 1. The third kappa shape index (κ3) is 6.34. The van der Waals surface area contributed by atoms with E-state index in [1.807, 2.05) is 12.1 Å². The summed E-state index contributed by atoms with van der Waals surface area (Å²) in [6.45, 7) is 4.37. The highest BCUT2D eigenvalue weighted by molar-refractivity contribution is 7.00. The van der Waals surface area contributed by atoms with Crippen LogP contribution < -0.4 is 36.8 Å². The summed E-state index contributed by atoms with van der Waals surface area (Å²) in [5.74, 6) is 0. The van der Waals surface area contributed by atoms with Crippen LogP contribution in [0.25, 0.3) is 22.3 Å². The molecule has 0 fully saturated rings. The first kappa shape index (κ1) is 36.3. The topological polar surface area (TPSA) is 35.7 Å². The molecule has 9 aromatic carbocycles. The highest BCUT2D eigenvalue weighted by atomic mass is 15.2. The molecular weight excluding hydrogens is 739 g/mol. The van der Waals surface area contributed by atoms with Crippen molar-refractivity contribution in [3.8, 4) is 22.3 Å². The molecule has 0 spiro atoms. The van der Waals surface area contributed by atoms with E-state index >= 15 is 0 Å². The van der Waals surface area contributed by atoms with E-state index in [-0.39, 0.29) is 6.71 Å². The molecule has 5 heteroatoms. The number of nitrogens with two attached hydrogens (primary N) is 1. The Labute approximate surface area is 358 Å². The SMILES string of the molecule is Cc1ccc(N2c3cc(N(c4ccc(-c5ccccc5)cc4)c4ccc(-c5ccccc5)cc4)ccc3B3c4cc(C)ccc4N(c4ccc(N)cc4)c4cccc2c43)cc1. The lowest BCUT2D eigenvalue weighted by Gasteiger charge is -2.44. The molecule has 0 atom stereocenters. The summed E-state index contributed by atoms with van der Waals surface area (Å²) < 4.78 is 0. The molecule has 0 unspecified atom stereocenters. The molecule has 0 amide bonds. The minimum atomic E-state index is 0.0145. The van der Waals surface area contributed by atoms with E-state index in [1.165, 1.54) is 66.8 Å². The maximum atomic E-state index is 6.23. The van der Waals surface area contributed by atoms with Crippen molar-refractivity contribution in [3.05, 3.63) is 223 Å². The highest BCUT2D eigenvalue weighted by Crippen LogP contribution is 2.46. The van der Waals surface area contributed by atoms with Crippen LogP contribution in [-0.4, -0.2) is 6.71 Å². The predicted octanol–water partition coefficient (Wildman–Crippen LogP) is 12.8. The largest absolute Gasteiger partial charge is 0.399 e. The molecule has 2 aliphatic heterocycles. The molecule has 0 aliphatic carbocycles. The van der Waals surface area contributed by atoms with Gasteiger partial charge in [0.25, 0.3) is 6.71 Å². The number of rotatable bonds is 7. The number of fused-ring (bicyclic) bond motifs is 4. The molecule has 0 saturated carbocycles. The van der Waals surface area contributed by atoms with E-state index in [2.05, 4.69) is 229 Å². The van der Waals surface area contributed by atoms with Crippen molar-refractivity contribution < 1.29 is 0 Å². The maximum absolute atomic E-state index is 6.23. The normalized spacial score (nSPS) is 12.4. The first-order chi connectivity index (χ1) is 30.0. The van der Waals surface area contributed by atoms with Crippen molar-refractivity contribution in [1.29, 1.82) is 0 Å². The van der Waals surface area contributed by atoms with Crippen LogP contribution >= 0.6 is 0 Å². The second-order valence-electron chi connectivity index (χ2n) is 16.2. The molecule has 0 aromatic heterocycles. The minimum Gasteiger partial charge on any atom is -0.399 e. The van der Waals surface area contributed by atoms with E-state index in [4.69, 9.17) is 5.73 Å². The van der Waals surface area contributed by atoms with Crippen LogP contribution in [0.5, 0.6) is 0 Å². The van der Waals surface area contributed by atoms with Gasteiger partial charge in [-0.25, -0.2) is 0 Å². The van der Waals surface area contributed by atoms with E-state index < -0.39 is 0 Å². The van der Waals surface area contributed by atoms with Gasteiger partial charge in [-0.2, -0.15) is 0 Å². The Hall–Kier alpha value is -7.76.